The van der Waals surface area contributed by atoms with Crippen LogP contribution in [0.2, 0.25) is 0 Å². The zero-order valence-corrected chi connectivity index (χ0v) is 65.9. The van der Waals surface area contributed by atoms with E-state index in [0.29, 0.717) is 38.5 Å². The Bertz CT molecular complexity index is 3250. The van der Waals surface area contributed by atoms with E-state index in [-0.39, 0.29) is 123 Å². The third kappa shape index (κ3) is 19.6. The Balaban J connectivity index is 1.22. The van der Waals surface area contributed by atoms with Gasteiger partial charge < -0.3 is 69.1 Å². The van der Waals surface area contributed by atoms with Gasteiger partial charge in [-0.05, 0) is 146 Å². The fraction of sp³-hybridized carbons (Fsp3) is 0.818. The highest BCUT2D eigenvalue weighted by molar-refractivity contribution is 6.01. The van der Waals surface area contributed by atoms with Crippen molar-refractivity contribution in [3.63, 3.8) is 0 Å². The number of likely N-dealkylation sites (N-methyl/N-ethyl adjacent to an activating group) is 7. The first-order chi connectivity index (χ1) is 51.0. The number of nitrogens with one attached hydrogen (secondary N) is 2. The van der Waals surface area contributed by atoms with Crippen LogP contribution in [-0.4, -0.2) is 300 Å². The summed E-state index contributed by atoms with van der Waals surface area (Å²) in [7, 11) is 12.7. The molecule has 3 saturated heterocycles. The van der Waals surface area contributed by atoms with Gasteiger partial charge in [0.25, 0.3) is 0 Å². The number of ether oxygens (including phenoxy) is 2. The summed E-state index contributed by atoms with van der Waals surface area (Å²) in [5.41, 5.74) is -1.57. The number of carbonyl (C=O) groups excluding carboxylic acids is 12. The molecular weight excluding hydrogens is 1410 g/mol. The Morgan fingerprint density at radius 2 is 1.32 bits per heavy atom. The topological polar surface area (TPSA) is 280 Å². The van der Waals surface area contributed by atoms with Gasteiger partial charge in [0, 0.05) is 109 Å². The van der Waals surface area contributed by atoms with Crippen molar-refractivity contribution < 1.29 is 89.0 Å². The Labute approximate surface area is 633 Å². The molecule has 0 aromatic heterocycles. The number of hydrogen-bond acceptors (Lipinski definition) is 14. The van der Waals surface area contributed by atoms with E-state index in [9.17, 15) is 41.1 Å². The molecule has 608 valence electrons. The first kappa shape index (κ1) is 86.5. The van der Waals surface area contributed by atoms with E-state index in [1.54, 1.807) is 26.0 Å². The van der Waals surface area contributed by atoms with Crippen molar-refractivity contribution in [2.24, 2.45) is 29.6 Å². The molecule has 14 atom stereocenters. The number of halogens is 5. The van der Waals surface area contributed by atoms with Crippen molar-refractivity contribution >= 4 is 70.9 Å². The maximum absolute atomic E-state index is 15.8. The van der Waals surface area contributed by atoms with Crippen molar-refractivity contribution in [3.8, 4) is 0 Å². The van der Waals surface area contributed by atoms with Crippen LogP contribution < -0.4 is 10.6 Å². The van der Waals surface area contributed by atoms with Gasteiger partial charge in [-0.3, -0.25) is 57.5 Å². The second kappa shape index (κ2) is 37.3. The lowest BCUT2D eigenvalue weighted by molar-refractivity contribution is -0.215. The molecule has 12 amide bonds. The van der Waals surface area contributed by atoms with Gasteiger partial charge in [-0.25, -0.2) is 8.78 Å². The summed E-state index contributed by atoms with van der Waals surface area (Å²) in [5, 5.41) is 5.78. The fourth-order valence-electron chi connectivity index (χ4n) is 18.1. The maximum Gasteiger partial charge on any atom is 0.394 e. The first-order valence-electron chi connectivity index (χ1n) is 39.5. The van der Waals surface area contributed by atoms with Gasteiger partial charge in [0.15, 0.2) is 0 Å². The first-order valence-corrected chi connectivity index (χ1v) is 39.5. The summed E-state index contributed by atoms with van der Waals surface area (Å²) < 4.78 is 84.3. The van der Waals surface area contributed by atoms with Crippen LogP contribution in [0.5, 0.6) is 0 Å². The standard InChI is InChI=1S/C77H121F5N12O14/c1-14-24-54-65(97)84-63(47(4)15-2)72(104)92-40-22-28-56(92)69(101)88(9)55-27-18-17-21-39-93(71(55)103)58(41-49-33-37-76(78,79)38-34-49)68(100)86(7)46-61(95)83-53(32-30-48-29-31-52(77(80,81)82)60(42-48)107-13)66(98)94-45-51(108-16-3)43-59(94)70(102)91(12)75(35-23-36-75)74(106)90(11)64(50-25-19-20-26-50)73(105)89(10)57(67(99)85(5)6)44-62(96)87(54)8/h17-18,47-60,63-64H,14-16,19-46H2,1-13H3,(H,83,95)(H,84,97)/b18-17-/t47-,48?,51+,52?,53-,54-,55-,56-,57-,58-,59-,60?,63-,64-/m0/s1. The molecule has 0 aromatic carbocycles. The van der Waals surface area contributed by atoms with Crippen molar-refractivity contribution in [3.05, 3.63) is 12.2 Å². The molecule has 0 radical (unpaired) electrons. The fourth-order valence-corrected chi connectivity index (χ4v) is 18.1. The molecule has 2 N–H and O–H groups in total. The number of amides is 12. The molecule has 108 heavy (non-hydrogen) atoms. The van der Waals surface area contributed by atoms with Gasteiger partial charge in [0.05, 0.1) is 31.1 Å². The Morgan fingerprint density at radius 3 is 1.93 bits per heavy atom. The zero-order chi connectivity index (χ0) is 79.6. The van der Waals surface area contributed by atoms with Crippen molar-refractivity contribution in [2.45, 2.75) is 279 Å². The van der Waals surface area contributed by atoms with E-state index >= 15 is 38.4 Å². The van der Waals surface area contributed by atoms with Crippen molar-refractivity contribution in [1.29, 1.82) is 0 Å². The predicted octanol–water partition coefficient (Wildman–Crippen LogP) is 6.17. The SMILES string of the molecule is CCC[C@H]1C(=O)N[C@@H]([C@@H](C)CC)C(=O)N2CCC[C@H]2C(=O)N(C)[C@H]2C/C=C\CCN(C2=O)[C@@H](CC2CCC(F)(F)CC2)C(=O)N(C)CC(=O)N[C@@H](CCC2CCC(C(F)(F)F)C(OC)C2)C(=O)N2C[C@H](OCC)C[C@H]2C(=O)N(C)C2(CCC2)C(=O)N(C)[C@@H](C2CCCC2)C(=O)N(C)[C@H](C(=O)N(C)C)CC(=O)N1C. The monoisotopic (exact) mass is 1530 g/mol. The average Bonchev–Trinajstić information content (AvgIpc) is 1.14. The van der Waals surface area contributed by atoms with Crippen LogP contribution in [0.4, 0.5) is 22.0 Å². The summed E-state index contributed by atoms with van der Waals surface area (Å²) in [5.74, 6) is -14.7. The van der Waals surface area contributed by atoms with E-state index < -0.39 is 211 Å². The van der Waals surface area contributed by atoms with Crippen LogP contribution in [0.25, 0.3) is 0 Å². The van der Waals surface area contributed by atoms with Gasteiger partial charge in [0.2, 0.25) is 76.8 Å². The molecule has 8 aliphatic rings. The van der Waals surface area contributed by atoms with Crippen LogP contribution in [-0.2, 0) is 67.0 Å². The molecule has 4 saturated carbocycles. The number of rotatable bonds is 14. The minimum atomic E-state index is -4.55. The van der Waals surface area contributed by atoms with Gasteiger partial charge in [-0.15, -0.1) is 0 Å². The average molecular weight is 1530 g/mol. The highest BCUT2D eigenvalue weighted by Gasteiger charge is 2.57. The summed E-state index contributed by atoms with van der Waals surface area (Å²) in [6.45, 7) is 6.44. The van der Waals surface area contributed by atoms with Gasteiger partial charge in [-0.2, -0.15) is 13.2 Å². The predicted molar refractivity (Wildman–Crippen MR) is 389 cm³/mol. The van der Waals surface area contributed by atoms with Crippen LogP contribution >= 0.6 is 0 Å². The smallest absolute Gasteiger partial charge is 0.381 e. The molecule has 8 rings (SSSR count). The van der Waals surface area contributed by atoms with Gasteiger partial charge >= 0.3 is 6.18 Å². The van der Waals surface area contributed by atoms with Crippen molar-refractivity contribution in [1.82, 2.24) is 59.6 Å². The highest BCUT2D eigenvalue weighted by Crippen LogP contribution is 2.45. The summed E-state index contributed by atoms with van der Waals surface area (Å²) >= 11 is 0. The summed E-state index contributed by atoms with van der Waals surface area (Å²) in [4.78, 5) is 196. The second-order valence-electron chi connectivity index (χ2n) is 32.3. The molecular formula is C77H121F5N12O14. The number of fused-ring (bicyclic) bond motifs is 4. The lowest BCUT2D eigenvalue weighted by Gasteiger charge is -2.51. The molecule has 1 spiro atoms. The highest BCUT2D eigenvalue weighted by atomic mass is 19.4. The Kier molecular flexibility index (Phi) is 29.9. The molecule has 4 heterocycles. The molecule has 31 heteroatoms. The Morgan fingerprint density at radius 1 is 0.648 bits per heavy atom. The van der Waals surface area contributed by atoms with Crippen LogP contribution in [0, 0.1) is 29.6 Å². The molecule has 3 unspecified atom stereocenters. The summed E-state index contributed by atoms with van der Waals surface area (Å²) in [6, 6.07) is -11.7. The van der Waals surface area contributed by atoms with Gasteiger partial charge in [-0.1, -0.05) is 58.6 Å². The molecule has 2 bridgehead atoms. The van der Waals surface area contributed by atoms with E-state index in [2.05, 4.69) is 10.6 Å². The minimum absolute atomic E-state index is 0.00284. The molecule has 0 aromatic rings. The normalized spacial score (nSPS) is 31.7. The molecule has 4 aliphatic heterocycles. The second-order valence-corrected chi connectivity index (χ2v) is 32.3. The third-order valence-corrected chi connectivity index (χ3v) is 25.2. The number of methoxy groups -OCH3 is 1. The van der Waals surface area contributed by atoms with E-state index in [4.69, 9.17) is 9.47 Å². The van der Waals surface area contributed by atoms with Crippen LogP contribution in [0.1, 0.15) is 195 Å². The number of hydrogen-bond donors (Lipinski definition) is 2. The lowest BCUT2D eigenvalue weighted by Crippen LogP contribution is -2.68. The number of alkyl halides is 5. The van der Waals surface area contributed by atoms with Crippen LogP contribution in [0.15, 0.2) is 12.2 Å². The molecule has 4 aliphatic carbocycles. The van der Waals surface area contributed by atoms with E-state index in [1.165, 1.54) is 108 Å². The van der Waals surface area contributed by atoms with Crippen LogP contribution in [0.3, 0.4) is 0 Å². The quantitative estimate of drug-likeness (QED) is 0.146. The van der Waals surface area contributed by atoms with Crippen molar-refractivity contribution in [2.75, 3.05) is 96.3 Å². The summed E-state index contributed by atoms with van der Waals surface area (Å²) in [6.07, 6.45) is -0.0302. The van der Waals surface area contributed by atoms with Gasteiger partial charge in [0.1, 0.15) is 59.9 Å². The third-order valence-electron chi connectivity index (χ3n) is 25.2. The largest absolute Gasteiger partial charge is 0.394 e. The Hall–Kier alpha value is -7.05. The minimum Gasteiger partial charge on any atom is -0.381 e. The number of carbonyl (C=O) groups is 12. The lowest BCUT2D eigenvalue weighted by atomic mass is 9.73. The molecule has 26 nitrogen and oxygen atoms in total. The zero-order valence-electron chi connectivity index (χ0n) is 65.9. The maximum atomic E-state index is 15.8. The van der Waals surface area contributed by atoms with E-state index in [1.807, 2.05) is 13.8 Å². The number of nitrogens with zero attached hydrogens (tertiary/aromatic N) is 10. The molecule has 7 fully saturated rings. The van der Waals surface area contributed by atoms with E-state index in [0.717, 1.165) is 17.7 Å².